The summed E-state index contributed by atoms with van der Waals surface area (Å²) >= 11 is 0. The average molecular weight is 572 g/mol. The largest absolute Gasteiger partial charge is 0.491 e. The van der Waals surface area contributed by atoms with Crippen LogP contribution in [0.4, 0.5) is 5.69 Å². The molecule has 0 aromatic heterocycles. The molecule has 1 unspecified atom stereocenters. The van der Waals surface area contributed by atoms with Crippen LogP contribution in [0.25, 0.3) is 11.1 Å². The number of nitrogens with zero attached hydrogens (tertiary/aromatic N) is 3. The van der Waals surface area contributed by atoms with Gasteiger partial charge in [-0.05, 0) is 79.8 Å². The first-order valence-electron chi connectivity index (χ1n) is 14.7. The zero-order chi connectivity index (χ0) is 29.8. The van der Waals surface area contributed by atoms with Gasteiger partial charge in [0.25, 0.3) is 5.91 Å². The van der Waals surface area contributed by atoms with Gasteiger partial charge in [0.15, 0.2) is 6.61 Å². The number of ether oxygens (including phenoxy) is 3. The topological polar surface area (TPSA) is 71.6 Å². The normalized spacial score (nSPS) is 16.1. The highest BCUT2D eigenvalue weighted by molar-refractivity contribution is 6.02. The zero-order valence-corrected chi connectivity index (χ0v) is 25.3. The minimum atomic E-state index is -0.217. The number of aryl methyl sites for hydroxylation is 2. The average Bonchev–Trinajstić information content (AvgIpc) is 2.98. The first-order chi connectivity index (χ1) is 20.2. The molecule has 2 heterocycles. The predicted octanol–water partition coefficient (Wildman–Crippen LogP) is 5.01. The lowest BCUT2D eigenvalue weighted by molar-refractivity contribution is -0.133. The van der Waals surface area contributed by atoms with Crippen LogP contribution in [-0.4, -0.2) is 80.8 Å². The molecule has 0 aliphatic carbocycles. The lowest BCUT2D eigenvalue weighted by Gasteiger charge is -2.37. The lowest BCUT2D eigenvalue weighted by Crippen LogP contribution is -2.48. The number of amides is 2. The maximum Gasteiger partial charge on any atom is 0.265 e. The van der Waals surface area contributed by atoms with Gasteiger partial charge in [0.05, 0.1) is 31.0 Å². The first kappa shape index (κ1) is 29.6. The number of hydrogen-bond donors (Lipinski definition) is 0. The van der Waals surface area contributed by atoms with Crippen molar-refractivity contribution in [3.8, 4) is 22.6 Å². The molecule has 1 atom stereocenters. The molecule has 5 rings (SSSR count). The highest BCUT2D eigenvalue weighted by Crippen LogP contribution is 2.35. The van der Waals surface area contributed by atoms with E-state index in [-0.39, 0.29) is 37.1 Å². The number of fused-ring (bicyclic) bond motifs is 1. The van der Waals surface area contributed by atoms with E-state index in [9.17, 15) is 9.59 Å². The smallest absolute Gasteiger partial charge is 0.265 e. The second-order valence-corrected chi connectivity index (χ2v) is 11.4. The molecular weight excluding hydrogens is 530 g/mol. The fraction of sp³-hybridized carbons (Fsp3) is 0.412. The molecule has 0 saturated carbocycles. The van der Waals surface area contributed by atoms with E-state index in [1.54, 1.807) is 9.80 Å². The minimum Gasteiger partial charge on any atom is -0.491 e. The number of hydrogen-bond acceptors (Lipinski definition) is 6. The summed E-state index contributed by atoms with van der Waals surface area (Å²) in [6, 6.07) is 20.2. The molecule has 222 valence electrons. The van der Waals surface area contributed by atoms with Crippen LogP contribution in [0.5, 0.6) is 11.5 Å². The van der Waals surface area contributed by atoms with E-state index in [4.69, 9.17) is 14.2 Å². The Morgan fingerprint density at radius 3 is 2.40 bits per heavy atom. The van der Waals surface area contributed by atoms with E-state index in [1.165, 1.54) is 0 Å². The second-order valence-electron chi connectivity index (χ2n) is 11.4. The maximum absolute atomic E-state index is 13.8. The molecule has 8 nitrogen and oxygen atoms in total. The SMILES string of the molecule is Cc1cc2c(cc1C)N(CC(=O)N(C)C(CN1CCOCC1)c1ccc(-c3cccc(OC(C)C)c3)cc1)C(=O)CO2. The Morgan fingerprint density at radius 1 is 0.976 bits per heavy atom. The van der Waals surface area contributed by atoms with Gasteiger partial charge in [0.1, 0.15) is 18.0 Å². The quantitative estimate of drug-likeness (QED) is 0.360. The Bertz CT molecular complexity index is 1420. The van der Waals surface area contributed by atoms with E-state index in [2.05, 4.69) is 41.3 Å². The fourth-order valence-electron chi connectivity index (χ4n) is 5.45. The van der Waals surface area contributed by atoms with Crippen LogP contribution in [-0.2, 0) is 14.3 Å². The number of carbonyl (C=O) groups is 2. The maximum atomic E-state index is 13.8. The number of carbonyl (C=O) groups excluding carboxylic acids is 2. The predicted molar refractivity (Wildman–Crippen MR) is 164 cm³/mol. The molecule has 0 radical (unpaired) electrons. The van der Waals surface area contributed by atoms with Crippen molar-refractivity contribution in [1.82, 2.24) is 9.80 Å². The van der Waals surface area contributed by atoms with Crippen LogP contribution in [0.2, 0.25) is 0 Å². The summed E-state index contributed by atoms with van der Waals surface area (Å²) in [5.74, 6) is 1.13. The van der Waals surface area contributed by atoms with Crippen molar-refractivity contribution in [2.24, 2.45) is 0 Å². The van der Waals surface area contributed by atoms with Crippen molar-refractivity contribution in [2.45, 2.75) is 39.8 Å². The van der Waals surface area contributed by atoms with E-state index < -0.39 is 0 Å². The summed E-state index contributed by atoms with van der Waals surface area (Å²) in [6.45, 7) is 11.6. The second kappa shape index (κ2) is 13.0. The molecule has 3 aromatic rings. The van der Waals surface area contributed by atoms with E-state index in [1.807, 2.05) is 59.0 Å². The summed E-state index contributed by atoms with van der Waals surface area (Å²) in [5.41, 5.74) is 5.96. The van der Waals surface area contributed by atoms with Gasteiger partial charge >= 0.3 is 0 Å². The van der Waals surface area contributed by atoms with Crippen molar-refractivity contribution in [1.29, 1.82) is 0 Å². The van der Waals surface area contributed by atoms with Crippen molar-refractivity contribution >= 4 is 17.5 Å². The Labute approximate surface area is 248 Å². The summed E-state index contributed by atoms with van der Waals surface area (Å²) in [6.07, 6.45) is 0.103. The number of anilines is 1. The van der Waals surface area contributed by atoms with Gasteiger partial charge in [-0.1, -0.05) is 36.4 Å². The molecule has 1 fully saturated rings. The number of benzene rings is 3. The van der Waals surface area contributed by atoms with Gasteiger partial charge in [-0.15, -0.1) is 0 Å². The molecule has 3 aromatic carbocycles. The van der Waals surface area contributed by atoms with Gasteiger partial charge in [0.2, 0.25) is 5.91 Å². The zero-order valence-electron chi connectivity index (χ0n) is 25.3. The number of morpholine rings is 1. The third-order valence-electron chi connectivity index (χ3n) is 8.04. The molecule has 0 spiro atoms. The number of rotatable bonds is 9. The summed E-state index contributed by atoms with van der Waals surface area (Å²) < 4.78 is 17.1. The van der Waals surface area contributed by atoms with Gasteiger partial charge in [-0.25, -0.2) is 0 Å². The minimum absolute atomic E-state index is 0.0471. The fourth-order valence-corrected chi connectivity index (χ4v) is 5.45. The van der Waals surface area contributed by atoms with Crippen molar-refractivity contribution in [2.75, 3.05) is 57.9 Å². The molecule has 2 amide bonds. The summed E-state index contributed by atoms with van der Waals surface area (Å²) in [7, 11) is 1.83. The Balaban J connectivity index is 1.39. The highest BCUT2D eigenvalue weighted by atomic mass is 16.5. The molecule has 1 saturated heterocycles. The Morgan fingerprint density at radius 2 is 1.69 bits per heavy atom. The van der Waals surface area contributed by atoms with Gasteiger partial charge < -0.3 is 19.1 Å². The van der Waals surface area contributed by atoms with Crippen LogP contribution >= 0.6 is 0 Å². The van der Waals surface area contributed by atoms with Crippen LogP contribution in [0.1, 0.15) is 36.6 Å². The van der Waals surface area contributed by atoms with Crippen LogP contribution < -0.4 is 14.4 Å². The van der Waals surface area contributed by atoms with Crippen molar-refractivity contribution in [3.05, 3.63) is 77.4 Å². The molecular formula is C34H41N3O5. The lowest BCUT2D eigenvalue weighted by atomic mass is 9.99. The molecule has 42 heavy (non-hydrogen) atoms. The standard InChI is InChI=1S/C34H41N3O5/c1-23(2)42-29-8-6-7-28(19-29)26-9-11-27(12-10-26)31(20-36-13-15-40-16-14-36)35(5)33(38)21-37-30-17-24(3)25(4)18-32(30)41-22-34(37)39/h6-12,17-19,23,31H,13-16,20-22H2,1-5H3. The van der Waals surface area contributed by atoms with Crippen molar-refractivity contribution < 1.29 is 23.8 Å². The third-order valence-corrected chi connectivity index (χ3v) is 8.04. The van der Waals surface area contributed by atoms with E-state index in [0.717, 1.165) is 46.7 Å². The van der Waals surface area contributed by atoms with Gasteiger partial charge in [0, 0.05) is 26.7 Å². The molecule has 2 aliphatic heterocycles. The van der Waals surface area contributed by atoms with Gasteiger partial charge in [-0.2, -0.15) is 0 Å². The Kier molecular flexibility index (Phi) is 9.14. The molecule has 0 bridgehead atoms. The number of likely N-dealkylation sites (N-methyl/N-ethyl adjacent to an activating group) is 1. The van der Waals surface area contributed by atoms with Gasteiger partial charge in [-0.3, -0.25) is 19.4 Å². The third kappa shape index (κ3) is 6.77. The summed E-state index contributed by atoms with van der Waals surface area (Å²) in [5, 5.41) is 0. The summed E-state index contributed by atoms with van der Waals surface area (Å²) in [4.78, 5) is 32.4. The molecule has 8 heteroatoms. The van der Waals surface area contributed by atoms with Crippen LogP contribution in [0, 0.1) is 13.8 Å². The van der Waals surface area contributed by atoms with Crippen LogP contribution in [0.15, 0.2) is 60.7 Å². The highest BCUT2D eigenvalue weighted by Gasteiger charge is 2.31. The molecule has 0 N–H and O–H groups in total. The monoisotopic (exact) mass is 571 g/mol. The van der Waals surface area contributed by atoms with E-state index in [0.29, 0.717) is 31.2 Å². The van der Waals surface area contributed by atoms with E-state index >= 15 is 0 Å². The molecule has 2 aliphatic rings. The Hall–Kier alpha value is -3.88. The van der Waals surface area contributed by atoms with Crippen LogP contribution in [0.3, 0.4) is 0 Å². The first-order valence-corrected chi connectivity index (χ1v) is 14.7. The van der Waals surface area contributed by atoms with Crippen molar-refractivity contribution in [3.63, 3.8) is 0 Å².